The fraction of sp³-hybridized carbons (Fsp3) is 0.403. The molecule has 14 aliphatic rings. The first-order valence-electron chi connectivity index (χ1n) is 28.4. The molecule has 8 fully saturated rings. The fourth-order valence-corrected chi connectivity index (χ4v) is 21.4. The third kappa shape index (κ3) is 3.91. The Balaban J connectivity index is 1.03. The van der Waals surface area contributed by atoms with Crippen LogP contribution in [0.15, 0.2) is 115 Å². The number of aromatic nitrogens is 3. The number of anilines is 6. The molecule has 0 saturated heterocycles. The van der Waals surface area contributed by atoms with Crippen LogP contribution in [-0.4, -0.2) is 4.57 Å². The van der Waals surface area contributed by atoms with Crippen LogP contribution in [0.5, 0.6) is 0 Å². The van der Waals surface area contributed by atoms with Crippen LogP contribution in [0.2, 0.25) is 0 Å². The van der Waals surface area contributed by atoms with Gasteiger partial charge in [-0.25, -0.2) is 0 Å². The Morgan fingerprint density at radius 1 is 0.431 bits per heavy atom. The zero-order valence-electron chi connectivity index (χ0n) is 42.2. The van der Waals surface area contributed by atoms with Gasteiger partial charge in [0.1, 0.15) is 22.5 Å². The number of fused-ring (bicyclic) bond motifs is 11. The zero-order valence-corrected chi connectivity index (χ0v) is 42.2. The molecule has 8 aliphatic carbocycles. The van der Waals surface area contributed by atoms with E-state index < -0.39 is 5.66 Å². The Kier molecular flexibility index (Phi) is 6.19. The van der Waals surface area contributed by atoms with E-state index in [4.69, 9.17) is 0 Å². The molecule has 5 nitrogen and oxygen atoms in total. The van der Waals surface area contributed by atoms with Crippen molar-refractivity contribution < 1.29 is 9.13 Å². The van der Waals surface area contributed by atoms with E-state index in [1.165, 1.54) is 184 Å². The van der Waals surface area contributed by atoms with Gasteiger partial charge < -0.3 is 4.57 Å². The Morgan fingerprint density at radius 2 is 0.903 bits per heavy atom. The summed E-state index contributed by atoms with van der Waals surface area (Å²) in [6.45, 7) is 10.1. The van der Waals surface area contributed by atoms with Crippen LogP contribution in [0, 0.1) is 35.5 Å². The number of pyridine rings is 2. The van der Waals surface area contributed by atoms with E-state index in [2.05, 4.69) is 166 Å². The Morgan fingerprint density at radius 3 is 1.44 bits per heavy atom. The summed E-state index contributed by atoms with van der Waals surface area (Å²) < 4.78 is 8.72. The van der Waals surface area contributed by atoms with Gasteiger partial charge in [0.15, 0.2) is 22.8 Å². The van der Waals surface area contributed by atoms with Crippen LogP contribution in [0.3, 0.4) is 0 Å². The first kappa shape index (κ1) is 38.4. The topological polar surface area (TPSA) is 19.2 Å². The van der Waals surface area contributed by atoms with Crippen LogP contribution in [0.25, 0.3) is 38.9 Å². The molecule has 5 heteroatoms. The lowest BCUT2D eigenvalue weighted by atomic mass is 9.48. The highest BCUT2D eigenvalue weighted by Gasteiger charge is 2.73. The smallest absolute Gasteiger partial charge is 0.308 e. The van der Waals surface area contributed by atoms with Crippen molar-refractivity contribution >= 4 is 56.2 Å². The molecule has 8 aromatic rings. The molecule has 0 amide bonds. The van der Waals surface area contributed by atoms with E-state index in [9.17, 15) is 0 Å². The summed E-state index contributed by atoms with van der Waals surface area (Å²) in [6, 6.07) is 47.6. The van der Waals surface area contributed by atoms with Gasteiger partial charge in [-0.15, -0.1) is 0 Å². The molecule has 6 aliphatic heterocycles. The Bertz CT molecular complexity index is 3830. The highest BCUT2D eigenvalue weighted by Crippen LogP contribution is 2.70. The normalized spacial score (nSPS) is 32.9. The molecule has 0 N–H and O–H groups in total. The summed E-state index contributed by atoms with van der Waals surface area (Å²) in [6.07, 6.45) is 16.9. The number of hydrogen-bond acceptors (Lipinski definition) is 2. The van der Waals surface area contributed by atoms with Crippen LogP contribution < -0.4 is 18.9 Å². The van der Waals surface area contributed by atoms with Crippen molar-refractivity contribution in [2.24, 2.45) is 35.5 Å². The quantitative estimate of drug-likeness (QED) is 0.161. The Labute approximate surface area is 422 Å². The summed E-state index contributed by atoms with van der Waals surface area (Å²) in [5.41, 5.74) is 23.7. The molecule has 1 unspecified atom stereocenters. The maximum atomic E-state index is 2.99. The number of benzene rings is 5. The maximum absolute atomic E-state index is 2.99. The molecule has 72 heavy (non-hydrogen) atoms. The van der Waals surface area contributed by atoms with Crippen LogP contribution >= 0.6 is 0 Å². The van der Waals surface area contributed by atoms with Gasteiger partial charge in [0, 0.05) is 56.0 Å². The van der Waals surface area contributed by atoms with E-state index in [-0.39, 0.29) is 21.7 Å². The van der Waals surface area contributed by atoms with Gasteiger partial charge in [-0.1, -0.05) is 88.4 Å². The van der Waals surface area contributed by atoms with Crippen molar-refractivity contribution in [1.29, 1.82) is 0 Å². The molecule has 0 radical (unpaired) electrons. The molecular weight excluding hydrogens is 875 g/mol. The van der Waals surface area contributed by atoms with E-state index in [0.29, 0.717) is 0 Å². The van der Waals surface area contributed by atoms with Crippen molar-refractivity contribution in [3.8, 4) is 17.1 Å². The molecule has 1 atom stereocenters. The monoisotopic (exact) mass is 935 g/mol. The lowest BCUT2D eigenvalue weighted by molar-refractivity contribution is -0.928. The van der Waals surface area contributed by atoms with Gasteiger partial charge in [0.25, 0.3) is 11.6 Å². The minimum atomic E-state index is -0.679. The minimum Gasteiger partial charge on any atom is -0.308 e. The predicted molar refractivity (Wildman–Crippen MR) is 285 cm³/mol. The number of rotatable bonds is 2. The third-order valence-corrected chi connectivity index (χ3v) is 23.2. The van der Waals surface area contributed by atoms with Crippen molar-refractivity contribution in [2.75, 3.05) is 9.80 Å². The van der Waals surface area contributed by atoms with Gasteiger partial charge in [0.2, 0.25) is 0 Å². The van der Waals surface area contributed by atoms with Crippen LogP contribution in [0.1, 0.15) is 149 Å². The van der Waals surface area contributed by atoms with Gasteiger partial charge in [-0.2, -0.15) is 18.9 Å². The molecule has 9 heterocycles. The van der Waals surface area contributed by atoms with Crippen LogP contribution in [-0.2, 0) is 27.3 Å². The highest BCUT2D eigenvalue weighted by molar-refractivity contribution is 6.15. The van der Waals surface area contributed by atoms with Gasteiger partial charge in [-0.3, -0.25) is 0 Å². The van der Waals surface area contributed by atoms with Crippen molar-refractivity contribution in [2.45, 2.75) is 132 Å². The van der Waals surface area contributed by atoms with Gasteiger partial charge >= 0.3 is 5.66 Å². The fourth-order valence-electron chi connectivity index (χ4n) is 21.4. The molecule has 3 aromatic heterocycles. The van der Waals surface area contributed by atoms with E-state index >= 15 is 0 Å². The lowest BCUT2D eigenvalue weighted by Crippen LogP contribution is -2.77. The Hall–Kier alpha value is -6.20. The maximum Gasteiger partial charge on any atom is 0.319 e. The second kappa shape index (κ2) is 11.6. The summed E-state index contributed by atoms with van der Waals surface area (Å²) >= 11 is 0. The molecule has 1 spiro atoms. The third-order valence-electron chi connectivity index (χ3n) is 23.2. The molecule has 8 bridgehead atoms. The molecule has 22 rings (SSSR count). The number of para-hydroxylation sites is 3. The summed E-state index contributed by atoms with van der Waals surface area (Å²) in [4.78, 5) is 5.66. The minimum absolute atomic E-state index is 0.219. The SMILES string of the molecule is CC1(C)c2ccccc2N2c3c1ccc1c3C34c5c6c(cc7c8ccccc8n-1c57)C(C)(C)c1ccccc1N6c1cc(C56CC7CC(CC(C7)C5)C6)cc([n+]13)-c1cc(C35CC6CC(CC(C6)C3)C5)cc2[n+]14. The van der Waals surface area contributed by atoms with Crippen molar-refractivity contribution in [3.05, 3.63) is 160 Å². The van der Waals surface area contributed by atoms with Crippen molar-refractivity contribution in [1.82, 2.24) is 4.57 Å². The summed E-state index contributed by atoms with van der Waals surface area (Å²) in [5.74, 6) is 7.92. The average Bonchev–Trinajstić information content (AvgIpc) is 3.87. The number of hydrogen-bond donors (Lipinski definition) is 0. The molecule has 8 saturated carbocycles. The van der Waals surface area contributed by atoms with Crippen LogP contribution in [0.4, 0.5) is 34.4 Å². The summed E-state index contributed by atoms with van der Waals surface area (Å²) in [5, 5.41) is 2.73. The molecular formula is C67H61N5+2. The standard InChI is InChI=1S/C67H61N5/c1-63(2)46-12-6-9-15-51(46)69-56-27-42(65-30-36-19-37(31-65)21-38(20-36)32-65)25-54-55-26-43(66-33-39-22-40(34-66)24-41(23-39)35-66)28-57-70-52-16-10-7-13-47(52)64(3,4)49-29-45-44-11-5-8-14-50(44)68-53-18-17-48(63)61(69)58(53)67(71(54)56,72(55)57)59(60(45)68)62(49)70/h5-18,25-29,36-41H,19-24,30-35H2,1-4H3/q+2. The van der Waals surface area contributed by atoms with E-state index in [1.54, 1.807) is 11.1 Å². The zero-order chi connectivity index (χ0) is 46.9. The molecule has 5 aromatic carbocycles. The lowest BCUT2D eigenvalue weighted by Gasteiger charge is -2.57. The van der Waals surface area contributed by atoms with E-state index in [1.807, 2.05) is 0 Å². The second-order valence-electron chi connectivity index (χ2n) is 27.4. The first-order chi connectivity index (χ1) is 35.0. The molecule has 352 valence electrons. The van der Waals surface area contributed by atoms with Gasteiger partial charge in [0.05, 0.1) is 16.7 Å². The highest BCUT2D eigenvalue weighted by atomic mass is 15.5. The largest absolute Gasteiger partial charge is 0.319 e. The number of nitrogens with zero attached hydrogens (tertiary/aromatic N) is 5. The second-order valence-corrected chi connectivity index (χ2v) is 27.4. The average molecular weight is 936 g/mol. The van der Waals surface area contributed by atoms with E-state index in [0.717, 1.165) is 35.5 Å². The van der Waals surface area contributed by atoms with Crippen molar-refractivity contribution in [3.63, 3.8) is 0 Å². The summed E-state index contributed by atoms with van der Waals surface area (Å²) in [7, 11) is 0. The van der Waals surface area contributed by atoms with Gasteiger partial charge in [-0.05, 0) is 177 Å². The first-order valence-corrected chi connectivity index (χ1v) is 28.4. The predicted octanol–water partition coefficient (Wildman–Crippen LogP) is 14.7.